The van der Waals surface area contributed by atoms with E-state index >= 15 is 0 Å². The summed E-state index contributed by atoms with van der Waals surface area (Å²) in [6, 6.07) is 15.4. The van der Waals surface area contributed by atoms with Crippen molar-refractivity contribution in [3.8, 4) is 16.9 Å². The summed E-state index contributed by atoms with van der Waals surface area (Å²) in [5, 5.41) is 3.11. The smallest absolute Gasteiger partial charge is 0.250 e. The number of methoxy groups -OCH3 is 1. The maximum Gasteiger partial charge on any atom is 0.250 e. The van der Waals surface area contributed by atoms with Gasteiger partial charge in [-0.3, -0.25) is 9.59 Å². The van der Waals surface area contributed by atoms with E-state index in [1.807, 2.05) is 48.5 Å². The van der Waals surface area contributed by atoms with E-state index in [9.17, 15) is 9.59 Å². The number of hydrogen-bond donors (Lipinski definition) is 1. The molecule has 0 unspecified atom stereocenters. The standard InChI is InChI=1S/C21H21NO3/c1-13(2)15-7-9-16(10-8-15)18-19(21(24)20(18)23)22-12-14-5-4-6-17(11-14)25-3/h4-11,13,22H,12H2,1-3H3. The van der Waals surface area contributed by atoms with Gasteiger partial charge in [0.15, 0.2) is 0 Å². The highest BCUT2D eigenvalue weighted by Crippen LogP contribution is 2.26. The molecule has 0 spiro atoms. The van der Waals surface area contributed by atoms with Crippen LogP contribution < -0.4 is 20.9 Å². The van der Waals surface area contributed by atoms with Gasteiger partial charge < -0.3 is 10.1 Å². The predicted molar refractivity (Wildman–Crippen MR) is 101 cm³/mol. The van der Waals surface area contributed by atoms with E-state index < -0.39 is 10.9 Å². The molecule has 0 bridgehead atoms. The van der Waals surface area contributed by atoms with E-state index in [2.05, 4.69) is 19.2 Å². The van der Waals surface area contributed by atoms with Gasteiger partial charge in [0.05, 0.1) is 18.4 Å². The summed E-state index contributed by atoms with van der Waals surface area (Å²) in [4.78, 5) is 24.0. The summed E-state index contributed by atoms with van der Waals surface area (Å²) in [6.45, 7) is 4.69. The van der Waals surface area contributed by atoms with Gasteiger partial charge in [0.2, 0.25) is 10.9 Å². The third-order valence-electron chi connectivity index (χ3n) is 4.38. The molecule has 3 aromatic rings. The topological polar surface area (TPSA) is 55.4 Å². The van der Waals surface area contributed by atoms with Crippen LogP contribution in [0.5, 0.6) is 5.75 Å². The Morgan fingerprint density at radius 3 is 2.36 bits per heavy atom. The minimum Gasteiger partial charge on any atom is -0.497 e. The zero-order chi connectivity index (χ0) is 18.0. The first-order valence-corrected chi connectivity index (χ1v) is 8.31. The highest BCUT2D eigenvalue weighted by atomic mass is 16.5. The van der Waals surface area contributed by atoms with Gasteiger partial charge >= 0.3 is 0 Å². The van der Waals surface area contributed by atoms with Gasteiger partial charge in [0.25, 0.3) is 0 Å². The van der Waals surface area contributed by atoms with E-state index in [1.54, 1.807) is 7.11 Å². The summed E-state index contributed by atoms with van der Waals surface area (Å²) < 4.78 is 5.20. The van der Waals surface area contributed by atoms with Crippen LogP contribution in [-0.4, -0.2) is 7.11 Å². The Labute approximate surface area is 146 Å². The molecule has 0 aliphatic heterocycles. The van der Waals surface area contributed by atoms with Gasteiger partial charge in [-0.1, -0.05) is 50.2 Å². The summed E-state index contributed by atoms with van der Waals surface area (Å²) in [7, 11) is 1.61. The van der Waals surface area contributed by atoms with Crippen molar-refractivity contribution in [2.24, 2.45) is 0 Å². The number of ether oxygens (including phenoxy) is 1. The van der Waals surface area contributed by atoms with Gasteiger partial charge in [0.1, 0.15) is 5.75 Å². The molecular weight excluding hydrogens is 314 g/mol. The van der Waals surface area contributed by atoms with Crippen LogP contribution in [0, 0.1) is 0 Å². The highest BCUT2D eigenvalue weighted by molar-refractivity contribution is 5.81. The second kappa shape index (κ2) is 6.93. The average molecular weight is 335 g/mol. The van der Waals surface area contributed by atoms with Crippen molar-refractivity contribution in [1.82, 2.24) is 0 Å². The van der Waals surface area contributed by atoms with Crippen LogP contribution in [0.1, 0.15) is 30.9 Å². The van der Waals surface area contributed by atoms with Gasteiger partial charge in [-0.25, -0.2) is 0 Å². The summed E-state index contributed by atoms with van der Waals surface area (Å²) >= 11 is 0. The fourth-order valence-corrected chi connectivity index (χ4v) is 2.84. The molecule has 0 saturated carbocycles. The number of nitrogens with one attached hydrogen (secondary N) is 1. The van der Waals surface area contributed by atoms with Crippen LogP contribution in [0.4, 0.5) is 5.69 Å². The van der Waals surface area contributed by atoms with Crippen molar-refractivity contribution in [3.63, 3.8) is 0 Å². The molecule has 0 amide bonds. The van der Waals surface area contributed by atoms with E-state index in [-0.39, 0.29) is 0 Å². The minimum atomic E-state index is -0.453. The molecule has 0 saturated heterocycles. The molecule has 25 heavy (non-hydrogen) atoms. The molecule has 128 valence electrons. The Kier molecular flexibility index (Phi) is 4.70. The molecule has 0 aliphatic carbocycles. The summed E-state index contributed by atoms with van der Waals surface area (Å²) in [6.07, 6.45) is 0. The molecule has 4 heteroatoms. The van der Waals surface area contributed by atoms with E-state index in [0.29, 0.717) is 23.7 Å². The lowest BCUT2D eigenvalue weighted by Gasteiger charge is -2.14. The molecule has 0 aliphatic rings. The van der Waals surface area contributed by atoms with Crippen molar-refractivity contribution in [2.75, 3.05) is 12.4 Å². The fourth-order valence-electron chi connectivity index (χ4n) is 2.84. The van der Waals surface area contributed by atoms with Crippen LogP contribution in [0.25, 0.3) is 11.1 Å². The molecular formula is C21H21NO3. The van der Waals surface area contributed by atoms with Crippen molar-refractivity contribution in [1.29, 1.82) is 0 Å². The van der Waals surface area contributed by atoms with Gasteiger partial charge in [0, 0.05) is 6.54 Å². The molecule has 3 aromatic carbocycles. The van der Waals surface area contributed by atoms with Crippen molar-refractivity contribution >= 4 is 5.69 Å². The zero-order valence-electron chi connectivity index (χ0n) is 14.6. The first kappa shape index (κ1) is 17.0. The quantitative estimate of drug-likeness (QED) is 0.698. The molecule has 0 heterocycles. The lowest BCUT2D eigenvalue weighted by molar-refractivity contribution is 0.414. The minimum absolute atomic E-state index is 0.394. The van der Waals surface area contributed by atoms with E-state index in [4.69, 9.17) is 4.74 Å². The molecule has 0 radical (unpaired) electrons. The largest absolute Gasteiger partial charge is 0.497 e. The lowest BCUT2D eigenvalue weighted by Crippen LogP contribution is -2.36. The number of rotatable bonds is 6. The number of benzene rings is 2. The number of anilines is 1. The van der Waals surface area contributed by atoms with Gasteiger partial charge in [-0.05, 0) is 34.7 Å². The Hall–Kier alpha value is -2.88. The Morgan fingerprint density at radius 2 is 1.72 bits per heavy atom. The Bertz CT molecular complexity index is 948. The summed E-state index contributed by atoms with van der Waals surface area (Å²) in [5.74, 6) is 1.18. The predicted octanol–water partition coefficient (Wildman–Crippen LogP) is 3.69. The van der Waals surface area contributed by atoms with Crippen LogP contribution in [0.15, 0.2) is 58.1 Å². The van der Waals surface area contributed by atoms with Crippen molar-refractivity contribution < 1.29 is 4.74 Å². The maximum atomic E-state index is 12.0. The second-order valence-corrected chi connectivity index (χ2v) is 6.39. The average Bonchev–Trinajstić information content (AvgIpc) is 2.64. The lowest BCUT2D eigenvalue weighted by atomic mass is 9.95. The third-order valence-corrected chi connectivity index (χ3v) is 4.38. The fraction of sp³-hybridized carbons (Fsp3) is 0.238. The molecule has 0 fully saturated rings. The van der Waals surface area contributed by atoms with Crippen LogP contribution in [-0.2, 0) is 6.54 Å². The second-order valence-electron chi connectivity index (χ2n) is 6.39. The van der Waals surface area contributed by atoms with Crippen molar-refractivity contribution in [2.45, 2.75) is 26.3 Å². The zero-order valence-corrected chi connectivity index (χ0v) is 14.6. The maximum absolute atomic E-state index is 12.0. The van der Waals surface area contributed by atoms with Crippen LogP contribution in [0.3, 0.4) is 0 Å². The summed E-state index contributed by atoms with van der Waals surface area (Å²) in [5.41, 5.74) is 2.95. The molecule has 0 atom stereocenters. The molecule has 3 rings (SSSR count). The highest BCUT2D eigenvalue weighted by Gasteiger charge is 2.22. The first-order chi connectivity index (χ1) is 12.0. The van der Waals surface area contributed by atoms with E-state index in [0.717, 1.165) is 16.9 Å². The van der Waals surface area contributed by atoms with Crippen LogP contribution >= 0.6 is 0 Å². The third kappa shape index (κ3) is 3.33. The SMILES string of the molecule is COc1cccc(CNc2c(-c3ccc(C(C)C)cc3)c(=O)c2=O)c1. The first-order valence-electron chi connectivity index (χ1n) is 8.31. The number of hydrogen-bond acceptors (Lipinski definition) is 4. The monoisotopic (exact) mass is 335 g/mol. The van der Waals surface area contributed by atoms with Crippen molar-refractivity contribution in [3.05, 3.63) is 80.1 Å². The molecule has 0 aromatic heterocycles. The Balaban J connectivity index is 1.83. The van der Waals surface area contributed by atoms with E-state index in [1.165, 1.54) is 5.56 Å². The Morgan fingerprint density at radius 1 is 1.00 bits per heavy atom. The molecule has 4 nitrogen and oxygen atoms in total. The van der Waals surface area contributed by atoms with Gasteiger partial charge in [-0.2, -0.15) is 0 Å². The van der Waals surface area contributed by atoms with Gasteiger partial charge in [-0.15, -0.1) is 0 Å². The molecule has 1 N–H and O–H groups in total. The normalized spacial score (nSPS) is 11.0. The van der Waals surface area contributed by atoms with Crippen LogP contribution in [0.2, 0.25) is 0 Å².